The molecule has 0 saturated carbocycles. The third-order valence-corrected chi connectivity index (χ3v) is 6.31. The summed E-state index contributed by atoms with van der Waals surface area (Å²) in [6.45, 7) is 2.04. The van der Waals surface area contributed by atoms with Crippen molar-refractivity contribution < 1.29 is 44.3 Å². The van der Waals surface area contributed by atoms with Crippen molar-refractivity contribution in [2.75, 3.05) is 0 Å². The van der Waals surface area contributed by atoms with Gasteiger partial charge in [-0.05, 0) is 54.8 Å². The lowest BCUT2D eigenvalue weighted by Gasteiger charge is -2.19. The van der Waals surface area contributed by atoms with Crippen LogP contribution in [0, 0.1) is 64.4 Å². The maximum Gasteiger partial charge on any atom is 0.426 e. The largest absolute Gasteiger partial charge is 0.429 e. The van der Waals surface area contributed by atoms with E-state index in [2.05, 4.69) is 22.5 Å². The molecule has 0 bridgehead atoms. The van der Waals surface area contributed by atoms with E-state index in [1.54, 1.807) is 0 Å². The van der Waals surface area contributed by atoms with Crippen molar-refractivity contribution >= 4 is 0 Å². The molecule has 0 amide bonds. The molecule has 10 heteroatoms. The Hall–Kier alpha value is -4.83. The zero-order valence-corrected chi connectivity index (χ0v) is 22.9. The van der Waals surface area contributed by atoms with Gasteiger partial charge in [0.05, 0.1) is 16.7 Å². The second-order valence-electron chi connectivity index (χ2n) is 9.60. The number of ether oxygens (including phenoxy) is 1. The van der Waals surface area contributed by atoms with Gasteiger partial charge in [0.15, 0.2) is 17.5 Å². The maximum atomic E-state index is 14.7. The molecule has 4 aromatic rings. The summed E-state index contributed by atoms with van der Waals surface area (Å²) in [5.74, 6) is -2.49. The average Bonchev–Trinajstić information content (AvgIpc) is 2.95. The lowest BCUT2D eigenvalue weighted by Crippen LogP contribution is -2.22. The molecule has 0 aromatic heterocycles. The Morgan fingerprint density at radius 2 is 1.05 bits per heavy atom. The lowest BCUT2D eigenvalue weighted by atomic mass is 10.1. The van der Waals surface area contributed by atoms with Crippen LogP contribution < -0.4 is 4.74 Å². The van der Waals surface area contributed by atoms with E-state index in [9.17, 15) is 39.5 Å². The second-order valence-corrected chi connectivity index (χ2v) is 9.60. The third kappa shape index (κ3) is 7.76. The van der Waals surface area contributed by atoms with Crippen LogP contribution in [0.25, 0.3) is 0 Å². The Labute approximate surface area is 247 Å². The molecule has 0 N–H and O–H groups in total. The minimum Gasteiger partial charge on any atom is -0.429 e. The number of aryl methyl sites for hydroxylation is 1. The molecule has 44 heavy (non-hydrogen) atoms. The number of hydrogen-bond donors (Lipinski definition) is 0. The van der Waals surface area contributed by atoms with Crippen molar-refractivity contribution in [3.63, 3.8) is 0 Å². The van der Waals surface area contributed by atoms with Gasteiger partial charge in [-0.3, -0.25) is 0 Å². The fourth-order valence-corrected chi connectivity index (χ4v) is 4.04. The highest BCUT2D eigenvalue weighted by atomic mass is 19.3. The van der Waals surface area contributed by atoms with Gasteiger partial charge in [0, 0.05) is 23.3 Å². The van der Waals surface area contributed by atoms with E-state index in [4.69, 9.17) is 0 Å². The van der Waals surface area contributed by atoms with Crippen LogP contribution in [-0.4, -0.2) is 0 Å². The quantitative estimate of drug-likeness (QED) is 0.0871. The summed E-state index contributed by atoms with van der Waals surface area (Å²) in [6.07, 6.45) is -0.266. The SMILES string of the molecule is CCCCCc1ccc(C(F)(F)Oc2cc(F)c(C#Cc3cc(F)c(C#Cc4cc(F)c(F)c(F)c4)c(F)c3)c(F)c2)cc1. The predicted molar refractivity (Wildman–Crippen MR) is 145 cm³/mol. The zero-order chi connectivity index (χ0) is 32.0. The number of benzene rings is 4. The van der Waals surface area contributed by atoms with Gasteiger partial charge in [0.1, 0.15) is 29.0 Å². The molecule has 226 valence electrons. The molecule has 0 aliphatic carbocycles. The number of unbranched alkanes of at least 4 members (excludes halogenated alkanes) is 2. The third-order valence-electron chi connectivity index (χ3n) is 6.31. The molecule has 0 fully saturated rings. The Balaban J connectivity index is 1.51. The van der Waals surface area contributed by atoms with Crippen LogP contribution in [0.5, 0.6) is 5.75 Å². The molecule has 0 atom stereocenters. The maximum absolute atomic E-state index is 14.7. The topological polar surface area (TPSA) is 9.23 Å². The first-order valence-corrected chi connectivity index (χ1v) is 13.2. The van der Waals surface area contributed by atoms with Crippen LogP contribution in [0.1, 0.15) is 59.6 Å². The van der Waals surface area contributed by atoms with E-state index in [1.807, 2.05) is 12.8 Å². The average molecular weight is 617 g/mol. The molecule has 1 nitrogen and oxygen atoms in total. The van der Waals surface area contributed by atoms with Gasteiger partial charge < -0.3 is 4.74 Å². The van der Waals surface area contributed by atoms with Gasteiger partial charge in [0.2, 0.25) is 0 Å². The number of hydrogen-bond acceptors (Lipinski definition) is 1. The van der Waals surface area contributed by atoms with Gasteiger partial charge in [0.25, 0.3) is 0 Å². The van der Waals surface area contributed by atoms with Gasteiger partial charge in [-0.15, -0.1) is 0 Å². The number of halogens is 9. The van der Waals surface area contributed by atoms with Gasteiger partial charge >= 0.3 is 6.11 Å². The van der Waals surface area contributed by atoms with Crippen molar-refractivity contribution in [1.82, 2.24) is 0 Å². The Kier molecular flexibility index (Phi) is 9.95. The van der Waals surface area contributed by atoms with Crippen molar-refractivity contribution in [2.45, 2.75) is 38.7 Å². The van der Waals surface area contributed by atoms with Crippen LogP contribution >= 0.6 is 0 Å². The van der Waals surface area contributed by atoms with Gasteiger partial charge in [-0.25, -0.2) is 30.7 Å². The highest BCUT2D eigenvalue weighted by Crippen LogP contribution is 2.33. The molecule has 0 aliphatic rings. The summed E-state index contributed by atoms with van der Waals surface area (Å²) in [6, 6.07) is 8.85. The van der Waals surface area contributed by atoms with E-state index < -0.39 is 74.8 Å². The van der Waals surface area contributed by atoms with E-state index >= 15 is 0 Å². The van der Waals surface area contributed by atoms with Crippen LogP contribution in [0.3, 0.4) is 0 Å². The van der Waals surface area contributed by atoms with Crippen LogP contribution in [0.2, 0.25) is 0 Å². The molecule has 0 aliphatic heterocycles. The molecule has 4 rings (SSSR count). The molecule has 0 saturated heterocycles. The summed E-state index contributed by atoms with van der Waals surface area (Å²) in [7, 11) is 0. The summed E-state index contributed by atoms with van der Waals surface area (Å²) in [4.78, 5) is 0. The fraction of sp³-hybridized carbons (Fsp3) is 0.176. The molecule has 4 aromatic carbocycles. The first kappa shape index (κ1) is 32.1. The van der Waals surface area contributed by atoms with Gasteiger partial charge in [-0.2, -0.15) is 8.78 Å². The summed E-state index contributed by atoms with van der Waals surface area (Å²) >= 11 is 0. The van der Waals surface area contributed by atoms with Crippen LogP contribution in [0.15, 0.2) is 60.7 Å². The van der Waals surface area contributed by atoms with Crippen LogP contribution in [0.4, 0.5) is 39.5 Å². The number of rotatable bonds is 7. The molecule has 0 unspecified atom stereocenters. The van der Waals surface area contributed by atoms with E-state index in [0.717, 1.165) is 31.2 Å². The van der Waals surface area contributed by atoms with Crippen LogP contribution in [-0.2, 0) is 12.5 Å². The highest BCUT2D eigenvalue weighted by molar-refractivity contribution is 5.50. The normalized spacial score (nSPS) is 11.0. The summed E-state index contributed by atoms with van der Waals surface area (Å²) < 4.78 is 132. The van der Waals surface area contributed by atoms with E-state index in [-0.39, 0.29) is 5.56 Å². The van der Waals surface area contributed by atoms with Crippen molar-refractivity contribution in [1.29, 1.82) is 0 Å². The van der Waals surface area contributed by atoms with Crippen molar-refractivity contribution in [2.24, 2.45) is 0 Å². The Morgan fingerprint density at radius 3 is 1.52 bits per heavy atom. The summed E-state index contributed by atoms with van der Waals surface area (Å²) in [5, 5.41) is 0. The lowest BCUT2D eigenvalue weighted by molar-refractivity contribution is -0.185. The van der Waals surface area contributed by atoms with Crippen molar-refractivity contribution in [3.8, 4) is 29.4 Å². The standard InChI is InChI=1S/C34H21F9O/c1-2-3-4-5-20-6-10-23(11-7-20)34(42,43)44-24-18-29(37)26(30(38)19-24)13-8-21-14-27(35)25(28(36)15-21)12-9-22-16-31(39)33(41)32(40)17-22/h6-7,10-11,14-19H,2-5H2,1H3. The van der Waals surface area contributed by atoms with E-state index in [1.165, 1.54) is 24.3 Å². The minimum atomic E-state index is -3.91. The molecular formula is C34H21F9O. The van der Waals surface area contributed by atoms with E-state index in [0.29, 0.717) is 36.4 Å². The minimum absolute atomic E-state index is 0.367. The molecule has 0 spiro atoms. The second kappa shape index (κ2) is 13.6. The summed E-state index contributed by atoms with van der Waals surface area (Å²) in [5.41, 5.74) is -2.10. The molecular weight excluding hydrogens is 595 g/mol. The highest BCUT2D eigenvalue weighted by Gasteiger charge is 2.35. The first-order chi connectivity index (χ1) is 20.9. The zero-order valence-electron chi connectivity index (χ0n) is 22.9. The molecule has 0 heterocycles. The van der Waals surface area contributed by atoms with Crippen molar-refractivity contribution in [3.05, 3.63) is 135 Å². The number of alkyl halides is 2. The van der Waals surface area contributed by atoms with Gasteiger partial charge in [-0.1, -0.05) is 55.6 Å². The fourth-order valence-electron chi connectivity index (χ4n) is 4.04. The predicted octanol–water partition coefficient (Wildman–Crippen LogP) is 9.32. The smallest absolute Gasteiger partial charge is 0.426 e. The first-order valence-electron chi connectivity index (χ1n) is 13.2. The Bertz CT molecular complexity index is 1740. The Morgan fingerprint density at radius 1 is 0.591 bits per heavy atom. The monoisotopic (exact) mass is 616 g/mol. The molecule has 0 radical (unpaired) electrons.